The van der Waals surface area contributed by atoms with E-state index in [0.29, 0.717) is 31.9 Å². The quantitative estimate of drug-likeness (QED) is 0.163. The monoisotopic (exact) mass is 270 g/mol. The lowest BCUT2D eigenvalue weighted by Crippen LogP contribution is -2.47. The van der Waals surface area contributed by atoms with Crippen molar-refractivity contribution in [2.75, 3.05) is 26.3 Å². The lowest BCUT2D eigenvalue weighted by Gasteiger charge is -2.22. The first-order valence-electron chi connectivity index (χ1n) is 6.07. The molecule has 2 saturated heterocycles. The average Bonchev–Trinajstić information content (AvgIpc) is 3.26. The highest BCUT2D eigenvalue weighted by Gasteiger charge is 2.30. The summed E-state index contributed by atoms with van der Waals surface area (Å²) in [5.74, 6) is 4.18. The Labute approximate surface area is 110 Å². The van der Waals surface area contributed by atoms with Gasteiger partial charge >= 0.3 is 0 Å². The van der Waals surface area contributed by atoms with Crippen molar-refractivity contribution in [1.29, 1.82) is 0 Å². The molecular weight excluding hydrogens is 252 g/mol. The second-order valence-corrected chi connectivity index (χ2v) is 4.52. The summed E-state index contributed by atoms with van der Waals surface area (Å²) in [4.78, 5) is 23.3. The van der Waals surface area contributed by atoms with E-state index in [1.165, 1.54) is 11.1 Å². The van der Waals surface area contributed by atoms with Crippen molar-refractivity contribution >= 4 is 11.8 Å². The van der Waals surface area contributed by atoms with Crippen molar-refractivity contribution in [2.24, 2.45) is 5.84 Å². The molecule has 0 spiro atoms. The summed E-state index contributed by atoms with van der Waals surface area (Å²) in [6, 6.07) is 0. The minimum atomic E-state index is -0.515. The topological polar surface area (TPSA) is 113 Å². The molecule has 106 valence electrons. The van der Waals surface area contributed by atoms with E-state index in [1.54, 1.807) is 6.92 Å². The van der Waals surface area contributed by atoms with Crippen LogP contribution in [0.25, 0.3) is 0 Å². The predicted molar refractivity (Wildman–Crippen MR) is 65.3 cm³/mol. The van der Waals surface area contributed by atoms with Gasteiger partial charge in [-0.1, -0.05) is 0 Å². The molecule has 0 aromatic heterocycles. The first-order valence-corrected chi connectivity index (χ1v) is 6.07. The molecule has 2 unspecified atom stereocenters. The summed E-state index contributed by atoms with van der Waals surface area (Å²) in [5, 5.41) is 1.45. The van der Waals surface area contributed by atoms with Crippen LogP contribution in [0.15, 0.2) is 11.6 Å². The van der Waals surface area contributed by atoms with Crippen molar-refractivity contribution in [3.8, 4) is 0 Å². The molecule has 4 N–H and O–H groups in total. The third-order valence-electron chi connectivity index (χ3n) is 2.77. The number of ether oxygens (including phenoxy) is 2. The van der Waals surface area contributed by atoms with Crippen LogP contribution in [-0.2, 0) is 19.1 Å². The maximum Gasteiger partial charge on any atom is 0.263 e. The predicted octanol–water partition coefficient (Wildman–Crippen LogP) is -1.95. The number of carbonyl (C=O) groups excluding carboxylic acids is 2. The molecule has 0 radical (unpaired) electrons. The molecule has 0 aliphatic carbocycles. The summed E-state index contributed by atoms with van der Waals surface area (Å²) < 4.78 is 10.2. The van der Waals surface area contributed by atoms with Gasteiger partial charge in [0, 0.05) is 18.2 Å². The summed E-state index contributed by atoms with van der Waals surface area (Å²) in [5.41, 5.74) is 5.25. The van der Waals surface area contributed by atoms with Gasteiger partial charge < -0.3 is 9.47 Å². The fraction of sp³-hybridized carbons (Fsp3) is 0.636. The van der Waals surface area contributed by atoms with E-state index in [0.717, 1.165) is 0 Å². The smallest absolute Gasteiger partial charge is 0.263 e. The number of nitrogens with one attached hydrogen (secondary N) is 2. The van der Waals surface area contributed by atoms with Crippen LogP contribution in [-0.4, -0.2) is 55.3 Å². The van der Waals surface area contributed by atoms with Gasteiger partial charge in [0.25, 0.3) is 11.8 Å². The van der Waals surface area contributed by atoms with E-state index in [4.69, 9.17) is 15.3 Å². The zero-order valence-electron chi connectivity index (χ0n) is 10.7. The Hall–Kier alpha value is -1.48. The van der Waals surface area contributed by atoms with Crippen LogP contribution in [0, 0.1) is 0 Å². The van der Waals surface area contributed by atoms with Crippen LogP contribution in [0.2, 0.25) is 0 Å². The third-order valence-corrected chi connectivity index (χ3v) is 2.77. The number of rotatable bonds is 7. The molecule has 2 aliphatic rings. The van der Waals surface area contributed by atoms with Crippen molar-refractivity contribution in [3.63, 3.8) is 0 Å². The Kier molecular flexibility index (Phi) is 4.48. The first-order chi connectivity index (χ1) is 9.10. The molecule has 2 aliphatic heterocycles. The largest absolute Gasteiger partial charge is 0.372 e. The van der Waals surface area contributed by atoms with E-state index >= 15 is 0 Å². The molecule has 0 saturated carbocycles. The Balaban J connectivity index is 1.91. The van der Waals surface area contributed by atoms with Crippen LogP contribution >= 0.6 is 0 Å². The maximum absolute atomic E-state index is 12.2. The third kappa shape index (κ3) is 4.60. The molecule has 2 rings (SSSR count). The number of carbonyl (C=O) groups is 2. The standard InChI is InChI=1S/C11H18N4O4/c1-7(2-10(16)14-12)11(17)15(4-9-6-19-9)13-3-8-5-18-8/h2,8-9,13H,3-6,12H2,1H3,(H,14,16)/b7-2-. The number of nitrogens with two attached hydrogens (primary N) is 1. The van der Waals surface area contributed by atoms with Crippen LogP contribution < -0.4 is 16.7 Å². The summed E-state index contributed by atoms with van der Waals surface area (Å²) in [6.07, 6.45) is 1.39. The van der Waals surface area contributed by atoms with Gasteiger partial charge in [0.15, 0.2) is 0 Å². The SMILES string of the molecule is C/C(=C/C(=O)NN)C(=O)N(CC1CO1)NCC1CO1. The normalized spacial score (nSPS) is 24.8. The van der Waals surface area contributed by atoms with E-state index < -0.39 is 5.91 Å². The fourth-order valence-electron chi connectivity index (χ4n) is 1.51. The van der Waals surface area contributed by atoms with E-state index in [-0.39, 0.29) is 18.1 Å². The van der Waals surface area contributed by atoms with E-state index in [1.807, 2.05) is 5.43 Å². The van der Waals surface area contributed by atoms with Gasteiger partial charge in [-0.25, -0.2) is 11.3 Å². The van der Waals surface area contributed by atoms with E-state index in [9.17, 15) is 9.59 Å². The van der Waals surface area contributed by atoms with E-state index in [2.05, 4.69) is 5.43 Å². The maximum atomic E-state index is 12.2. The zero-order valence-corrected chi connectivity index (χ0v) is 10.7. The minimum Gasteiger partial charge on any atom is -0.372 e. The van der Waals surface area contributed by atoms with Gasteiger partial charge in [-0.05, 0) is 6.92 Å². The summed E-state index contributed by atoms with van der Waals surface area (Å²) >= 11 is 0. The number of nitrogens with zero attached hydrogens (tertiary/aromatic N) is 1. The van der Waals surface area contributed by atoms with Crippen molar-refractivity contribution in [3.05, 3.63) is 11.6 Å². The van der Waals surface area contributed by atoms with Gasteiger partial charge in [0.1, 0.15) is 6.10 Å². The molecule has 8 nitrogen and oxygen atoms in total. The Bertz CT molecular complexity index is 390. The molecule has 2 fully saturated rings. The molecular formula is C11H18N4O4. The highest BCUT2D eigenvalue weighted by Crippen LogP contribution is 2.13. The lowest BCUT2D eigenvalue weighted by molar-refractivity contribution is -0.131. The van der Waals surface area contributed by atoms with Gasteiger partial charge in [-0.2, -0.15) is 0 Å². The highest BCUT2D eigenvalue weighted by atomic mass is 16.6. The number of hydrogen-bond acceptors (Lipinski definition) is 6. The van der Waals surface area contributed by atoms with Crippen LogP contribution in [0.3, 0.4) is 0 Å². The zero-order chi connectivity index (χ0) is 13.8. The lowest BCUT2D eigenvalue weighted by atomic mass is 10.2. The molecule has 19 heavy (non-hydrogen) atoms. The number of amides is 2. The highest BCUT2D eigenvalue weighted by molar-refractivity contribution is 6.00. The van der Waals surface area contributed by atoms with Crippen LogP contribution in [0.1, 0.15) is 6.92 Å². The van der Waals surface area contributed by atoms with Gasteiger partial charge in [-0.15, -0.1) is 0 Å². The molecule has 8 heteroatoms. The van der Waals surface area contributed by atoms with Gasteiger partial charge in [0.05, 0.1) is 25.9 Å². The molecule has 2 amide bonds. The van der Waals surface area contributed by atoms with Crippen LogP contribution in [0.5, 0.6) is 0 Å². The van der Waals surface area contributed by atoms with Crippen molar-refractivity contribution in [1.82, 2.24) is 15.9 Å². The number of hydrazine groups is 2. The second kappa shape index (κ2) is 6.11. The minimum absolute atomic E-state index is 0.0627. The van der Waals surface area contributed by atoms with Gasteiger partial charge in [0.2, 0.25) is 0 Å². The fourth-order valence-corrected chi connectivity index (χ4v) is 1.51. The molecule has 0 aromatic carbocycles. The summed E-state index contributed by atoms with van der Waals surface area (Å²) in [7, 11) is 0. The van der Waals surface area contributed by atoms with Crippen molar-refractivity contribution in [2.45, 2.75) is 19.1 Å². The second-order valence-electron chi connectivity index (χ2n) is 4.52. The Morgan fingerprint density at radius 2 is 2.00 bits per heavy atom. The first kappa shape index (κ1) is 13.9. The Morgan fingerprint density at radius 1 is 1.37 bits per heavy atom. The molecule has 2 heterocycles. The Morgan fingerprint density at radius 3 is 2.53 bits per heavy atom. The number of hydrogen-bond donors (Lipinski definition) is 3. The molecule has 0 aromatic rings. The molecule has 2 atom stereocenters. The van der Waals surface area contributed by atoms with Crippen LogP contribution in [0.4, 0.5) is 0 Å². The summed E-state index contributed by atoms with van der Waals surface area (Å²) in [6.45, 7) is 3.93. The number of epoxide rings is 2. The van der Waals surface area contributed by atoms with Crippen molar-refractivity contribution < 1.29 is 19.1 Å². The average molecular weight is 270 g/mol. The van der Waals surface area contributed by atoms with Gasteiger partial charge in [-0.3, -0.25) is 20.0 Å². The molecule has 0 bridgehead atoms.